The van der Waals surface area contributed by atoms with E-state index in [1.54, 1.807) is 17.8 Å². The van der Waals surface area contributed by atoms with Crippen molar-refractivity contribution in [1.82, 2.24) is 9.97 Å². The van der Waals surface area contributed by atoms with Crippen LogP contribution in [0, 0.1) is 0 Å². The Bertz CT molecular complexity index is 1070. The van der Waals surface area contributed by atoms with E-state index in [4.69, 9.17) is 14.8 Å². The summed E-state index contributed by atoms with van der Waals surface area (Å²) in [6.45, 7) is -0.352. The Morgan fingerprint density at radius 1 is 0.933 bits per heavy atom. The summed E-state index contributed by atoms with van der Waals surface area (Å²) in [7, 11) is 0. The van der Waals surface area contributed by atoms with Gasteiger partial charge in [-0.1, -0.05) is 84.6 Å². The van der Waals surface area contributed by atoms with Crippen molar-refractivity contribution in [2.24, 2.45) is 0 Å². The van der Waals surface area contributed by atoms with E-state index in [0.29, 0.717) is 11.5 Å². The SMILES string of the molecule is O=C(O)COc1cccc(CSc2nc(-c3ccccc3)c(-c3ccccc3)[nH]2)c1. The number of carboxylic acids is 1. The molecule has 0 fully saturated rings. The first-order chi connectivity index (χ1) is 14.7. The summed E-state index contributed by atoms with van der Waals surface area (Å²) in [5, 5.41) is 9.59. The highest BCUT2D eigenvalue weighted by atomic mass is 32.2. The van der Waals surface area contributed by atoms with Crippen LogP contribution in [-0.4, -0.2) is 27.7 Å². The molecule has 4 rings (SSSR count). The number of hydrogen-bond donors (Lipinski definition) is 2. The standard InChI is InChI=1S/C24H20N2O3S/c27-21(28)15-29-20-13-7-8-17(14-20)16-30-24-25-22(18-9-3-1-4-10-18)23(26-24)19-11-5-2-6-12-19/h1-14H,15-16H2,(H,25,26)(H,27,28). The van der Waals surface area contributed by atoms with Crippen LogP contribution in [0.3, 0.4) is 0 Å². The van der Waals surface area contributed by atoms with E-state index in [-0.39, 0.29) is 6.61 Å². The number of aromatic nitrogens is 2. The third-order valence-corrected chi connectivity index (χ3v) is 5.37. The van der Waals surface area contributed by atoms with E-state index >= 15 is 0 Å². The summed E-state index contributed by atoms with van der Waals surface area (Å²) in [6.07, 6.45) is 0. The highest BCUT2D eigenvalue weighted by molar-refractivity contribution is 7.98. The molecule has 0 atom stereocenters. The number of H-pyrrole nitrogens is 1. The molecule has 0 aliphatic heterocycles. The minimum absolute atomic E-state index is 0.352. The van der Waals surface area contributed by atoms with E-state index < -0.39 is 5.97 Å². The van der Waals surface area contributed by atoms with Crippen molar-refractivity contribution in [1.29, 1.82) is 0 Å². The lowest BCUT2D eigenvalue weighted by Crippen LogP contribution is -2.09. The van der Waals surface area contributed by atoms with E-state index in [2.05, 4.69) is 29.2 Å². The Hall–Kier alpha value is -3.51. The summed E-state index contributed by atoms with van der Waals surface area (Å²) >= 11 is 1.59. The molecule has 0 spiro atoms. The van der Waals surface area contributed by atoms with Gasteiger partial charge < -0.3 is 14.8 Å². The lowest BCUT2D eigenvalue weighted by molar-refractivity contribution is -0.139. The molecule has 0 amide bonds. The van der Waals surface area contributed by atoms with E-state index in [1.165, 1.54) is 0 Å². The summed E-state index contributed by atoms with van der Waals surface area (Å²) in [5.41, 5.74) is 5.08. The summed E-state index contributed by atoms with van der Waals surface area (Å²) in [6, 6.07) is 27.7. The van der Waals surface area contributed by atoms with Gasteiger partial charge in [-0.25, -0.2) is 9.78 Å². The van der Waals surface area contributed by atoms with Gasteiger partial charge in [-0.3, -0.25) is 0 Å². The number of hydrogen-bond acceptors (Lipinski definition) is 4. The molecule has 0 saturated carbocycles. The third-order valence-electron chi connectivity index (χ3n) is 4.43. The van der Waals surface area contributed by atoms with Crippen LogP contribution in [0.5, 0.6) is 5.75 Å². The lowest BCUT2D eigenvalue weighted by Gasteiger charge is -2.05. The molecule has 4 aromatic rings. The number of rotatable bonds is 8. The first kappa shape index (κ1) is 19.8. The average Bonchev–Trinajstić information content (AvgIpc) is 3.22. The van der Waals surface area contributed by atoms with Gasteiger partial charge >= 0.3 is 5.97 Å². The molecule has 30 heavy (non-hydrogen) atoms. The molecule has 0 aliphatic carbocycles. The van der Waals surface area contributed by atoms with E-state index in [9.17, 15) is 4.79 Å². The van der Waals surface area contributed by atoms with Gasteiger partial charge in [0.15, 0.2) is 11.8 Å². The van der Waals surface area contributed by atoms with E-state index in [0.717, 1.165) is 33.2 Å². The first-order valence-electron chi connectivity index (χ1n) is 9.46. The maximum atomic E-state index is 10.7. The van der Waals surface area contributed by atoms with Gasteiger partial charge in [-0.05, 0) is 17.7 Å². The molecule has 3 aromatic carbocycles. The number of carbonyl (C=O) groups is 1. The van der Waals surface area contributed by atoms with Crippen LogP contribution < -0.4 is 4.74 Å². The fourth-order valence-corrected chi connectivity index (χ4v) is 3.87. The Labute approximate surface area is 178 Å². The Kier molecular flexibility index (Phi) is 6.15. The van der Waals surface area contributed by atoms with Crippen LogP contribution >= 0.6 is 11.8 Å². The van der Waals surface area contributed by atoms with Gasteiger partial charge in [0.2, 0.25) is 0 Å². The monoisotopic (exact) mass is 416 g/mol. The minimum atomic E-state index is -0.993. The van der Waals surface area contributed by atoms with Gasteiger partial charge in [-0.15, -0.1) is 0 Å². The molecular weight excluding hydrogens is 396 g/mol. The molecular formula is C24H20N2O3S. The molecule has 0 unspecified atom stereocenters. The number of nitrogens with zero attached hydrogens (tertiary/aromatic N) is 1. The quantitative estimate of drug-likeness (QED) is 0.371. The summed E-state index contributed by atoms with van der Waals surface area (Å²) in [5.74, 6) is 0.234. The largest absolute Gasteiger partial charge is 0.482 e. The molecule has 0 bridgehead atoms. The minimum Gasteiger partial charge on any atom is -0.482 e. The third kappa shape index (κ3) is 4.90. The molecule has 1 aromatic heterocycles. The average molecular weight is 417 g/mol. The molecule has 150 valence electrons. The maximum Gasteiger partial charge on any atom is 0.341 e. The van der Waals surface area contributed by atoms with Gasteiger partial charge in [0.1, 0.15) is 5.75 Å². The Morgan fingerprint density at radius 2 is 1.63 bits per heavy atom. The number of carboxylic acid groups (broad SMARTS) is 1. The molecule has 0 aliphatic rings. The topological polar surface area (TPSA) is 75.2 Å². The predicted molar refractivity (Wildman–Crippen MR) is 119 cm³/mol. The van der Waals surface area contributed by atoms with Crippen molar-refractivity contribution < 1.29 is 14.6 Å². The second kappa shape index (κ2) is 9.33. The van der Waals surface area contributed by atoms with Crippen molar-refractivity contribution >= 4 is 17.7 Å². The van der Waals surface area contributed by atoms with Crippen LogP contribution in [0.2, 0.25) is 0 Å². The van der Waals surface area contributed by atoms with Gasteiger partial charge in [0.05, 0.1) is 11.4 Å². The maximum absolute atomic E-state index is 10.7. The van der Waals surface area contributed by atoms with Crippen LogP contribution in [0.1, 0.15) is 5.56 Å². The highest BCUT2D eigenvalue weighted by Crippen LogP contribution is 2.33. The van der Waals surface area contributed by atoms with Gasteiger partial charge in [-0.2, -0.15) is 0 Å². The molecule has 0 radical (unpaired) electrons. The summed E-state index contributed by atoms with van der Waals surface area (Å²) in [4.78, 5) is 19.0. The summed E-state index contributed by atoms with van der Waals surface area (Å²) < 4.78 is 5.27. The zero-order chi connectivity index (χ0) is 20.8. The molecule has 1 heterocycles. The molecule has 2 N–H and O–H groups in total. The Morgan fingerprint density at radius 3 is 2.33 bits per heavy atom. The number of nitrogens with one attached hydrogen (secondary N) is 1. The molecule has 0 saturated heterocycles. The van der Waals surface area contributed by atoms with Crippen molar-refractivity contribution in [3.8, 4) is 28.3 Å². The number of aliphatic carboxylic acids is 1. The number of imidazole rings is 1. The molecule has 5 nitrogen and oxygen atoms in total. The number of aromatic amines is 1. The second-order valence-electron chi connectivity index (χ2n) is 6.62. The van der Waals surface area contributed by atoms with Crippen molar-refractivity contribution in [3.05, 3.63) is 90.5 Å². The van der Waals surface area contributed by atoms with E-state index in [1.807, 2.05) is 54.6 Å². The smallest absolute Gasteiger partial charge is 0.341 e. The van der Waals surface area contributed by atoms with Crippen LogP contribution in [0.25, 0.3) is 22.5 Å². The lowest BCUT2D eigenvalue weighted by atomic mass is 10.1. The van der Waals surface area contributed by atoms with Gasteiger partial charge in [0, 0.05) is 16.9 Å². The molecule has 6 heteroatoms. The highest BCUT2D eigenvalue weighted by Gasteiger charge is 2.14. The number of thioether (sulfide) groups is 1. The van der Waals surface area contributed by atoms with Crippen molar-refractivity contribution in [2.45, 2.75) is 10.9 Å². The van der Waals surface area contributed by atoms with Crippen LogP contribution in [0.4, 0.5) is 0 Å². The van der Waals surface area contributed by atoms with Crippen LogP contribution in [0.15, 0.2) is 90.1 Å². The second-order valence-corrected chi connectivity index (χ2v) is 7.58. The number of benzene rings is 3. The van der Waals surface area contributed by atoms with Crippen molar-refractivity contribution in [3.63, 3.8) is 0 Å². The zero-order valence-corrected chi connectivity index (χ0v) is 16.9. The normalized spacial score (nSPS) is 10.7. The first-order valence-corrected chi connectivity index (χ1v) is 10.4. The van der Waals surface area contributed by atoms with Crippen molar-refractivity contribution in [2.75, 3.05) is 6.61 Å². The Balaban J connectivity index is 1.56. The fraction of sp³-hybridized carbons (Fsp3) is 0.0833. The number of ether oxygens (including phenoxy) is 1. The fourth-order valence-electron chi connectivity index (χ4n) is 3.06. The van der Waals surface area contributed by atoms with Gasteiger partial charge in [0.25, 0.3) is 0 Å². The predicted octanol–water partition coefficient (Wildman–Crippen LogP) is 5.50. The zero-order valence-electron chi connectivity index (χ0n) is 16.1. The van der Waals surface area contributed by atoms with Crippen LogP contribution in [-0.2, 0) is 10.5 Å².